The number of anilines is 1. The van der Waals surface area contributed by atoms with Crippen LogP contribution in [0.2, 0.25) is 0 Å². The zero-order chi connectivity index (χ0) is 18.5. The molecule has 0 aromatic heterocycles. The minimum absolute atomic E-state index is 0.0115. The topological polar surface area (TPSA) is 50.8 Å². The Morgan fingerprint density at radius 2 is 2.04 bits per heavy atom. The smallest absolute Gasteiger partial charge is 0.337 e. The van der Waals surface area contributed by atoms with Gasteiger partial charge < -0.3 is 14.8 Å². The number of ether oxygens (including phenoxy) is 2. The minimum atomic E-state index is -0.595. The maximum absolute atomic E-state index is 11.8. The SMILES string of the molecule is COC(=O)c1ccc2c(c1)[C@H]1C[C@@](C)(O2)N(c2ccc(C)cc2)C(=S)N1. The van der Waals surface area contributed by atoms with Crippen molar-refractivity contribution >= 4 is 29.0 Å². The van der Waals surface area contributed by atoms with Crippen LogP contribution in [0.4, 0.5) is 5.69 Å². The molecule has 2 aromatic carbocycles. The molecule has 0 spiro atoms. The van der Waals surface area contributed by atoms with Crippen molar-refractivity contribution in [3.8, 4) is 5.75 Å². The second kappa shape index (κ2) is 5.99. The lowest BCUT2D eigenvalue weighted by Crippen LogP contribution is -2.65. The molecule has 134 valence electrons. The highest BCUT2D eigenvalue weighted by atomic mass is 32.1. The van der Waals surface area contributed by atoms with Crippen LogP contribution in [0.3, 0.4) is 0 Å². The van der Waals surface area contributed by atoms with Gasteiger partial charge in [0, 0.05) is 17.7 Å². The van der Waals surface area contributed by atoms with Gasteiger partial charge in [-0.1, -0.05) is 17.7 Å². The highest BCUT2D eigenvalue weighted by Gasteiger charge is 2.48. The summed E-state index contributed by atoms with van der Waals surface area (Å²) >= 11 is 5.65. The normalized spacial score (nSPS) is 23.6. The number of fused-ring (bicyclic) bond motifs is 4. The molecular weight excluding hydrogens is 348 g/mol. The van der Waals surface area contributed by atoms with Crippen molar-refractivity contribution < 1.29 is 14.3 Å². The van der Waals surface area contributed by atoms with Crippen LogP contribution in [0.5, 0.6) is 5.75 Å². The lowest BCUT2D eigenvalue weighted by Gasteiger charge is -2.52. The first-order valence-corrected chi connectivity index (χ1v) is 8.91. The van der Waals surface area contributed by atoms with Crippen LogP contribution in [-0.2, 0) is 4.74 Å². The van der Waals surface area contributed by atoms with E-state index in [0.29, 0.717) is 17.1 Å². The molecule has 2 aliphatic rings. The van der Waals surface area contributed by atoms with Gasteiger partial charge in [0.05, 0.1) is 18.7 Å². The van der Waals surface area contributed by atoms with E-state index in [2.05, 4.69) is 24.4 Å². The molecule has 0 amide bonds. The van der Waals surface area contributed by atoms with Crippen LogP contribution < -0.4 is 15.0 Å². The summed E-state index contributed by atoms with van der Waals surface area (Å²) in [6.45, 7) is 4.10. The van der Waals surface area contributed by atoms with Crippen LogP contribution >= 0.6 is 12.2 Å². The Balaban J connectivity index is 1.75. The number of nitrogens with zero attached hydrogens (tertiary/aromatic N) is 1. The molecule has 2 atom stereocenters. The molecule has 1 fully saturated rings. The van der Waals surface area contributed by atoms with Crippen molar-refractivity contribution in [3.05, 3.63) is 59.2 Å². The zero-order valence-electron chi connectivity index (χ0n) is 14.9. The third-order valence-electron chi connectivity index (χ3n) is 4.98. The van der Waals surface area contributed by atoms with Gasteiger partial charge in [-0.2, -0.15) is 0 Å². The Bertz CT molecular complexity index is 896. The number of benzene rings is 2. The minimum Gasteiger partial charge on any atom is -0.467 e. The van der Waals surface area contributed by atoms with Crippen LogP contribution in [-0.4, -0.2) is 23.9 Å². The van der Waals surface area contributed by atoms with Gasteiger partial charge >= 0.3 is 5.97 Å². The second-order valence-corrected chi connectivity index (χ2v) is 7.29. The average Bonchev–Trinajstić information content (AvgIpc) is 2.61. The van der Waals surface area contributed by atoms with E-state index in [1.807, 2.05) is 36.1 Å². The van der Waals surface area contributed by atoms with Crippen molar-refractivity contribution in [3.63, 3.8) is 0 Å². The Morgan fingerprint density at radius 3 is 2.73 bits per heavy atom. The molecular formula is C20H20N2O3S. The molecule has 1 N–H and O–H groups in total. The first-order chi connectivity index (χ1) is 12.4. The summed E-state index contributed by atoms with van der Waals surface area (Å²) in [5.41, 5.74) is 3.02. The third-order valence-corrected chi connectivity index (χ3v) is 5.29. The molecule has 4 rings (SSSR count). The van der Waals surface area contributed by atoms with Crippen molar-refractivity contribution in [1.82, 2.24) is 5.32 Å². The predicted molar refractivity (Wildman–Crippen MR) is 104 cm³/mol. The van der Waals surface area contributed by atoms with Crippen molar-refractivity contribution in [2.75, 3.05) is 12.0 Å². The van der Waals surface area contributed by atoms with E-state index < -0.39 is 5.72 Å². The largest absolute Gasteiger partial charge is 0.467 e. The van der Waals surface area contributed by atoms with Crippen LogP contribution in [0, 0.1) is 6.92 Å². The summed E-state index contributed by atoms with van der Waals surface area (Å²) in [6, 6.07) is 13.6. The molecule has 0 aliphatic carbocycles. The van der Waals surface area contributed by atoms with Gasteiger partial charge in [-0.05, 0) is 56.4 Å². The van der Waals surface area contributed by atoms with Gasteiger partial charge in [0.1, 0.15) is 5.75 Å². The fourth-order valence-corrected chi connectivity index (χ4v) is 4.14. The summed E-state index contributed by atoms with van der Waals surface area (Å²) in [5.74, 6) is 0.393. The van der Waals surface area contributed by atoms with Crippen LogP contribution in [0.25, 0.3) is 0 Å². The Morgan fingerprint density at radius 1 is 1.31 bits per heavy atom. The van der Waals surface area contributed by atoms with E-state index >= 15 is 0 Å². The molecule has 1 saturated heterocycles. The summed E-state index contributed by atoms with van der Waals surface area (Å²) in [6.07, 6.45) is 0.707. The monoisotopic (exact) mass is 368 g/mol. The molecule has 0 radical (unpaired) electrons. The summed E-state index contributed by atoms with van der Waals surface area (Å²) in [7, 11) is 1.38. The first-order valence-electron chi connectivity index (χ1n) is 8.50. The van der Waals surface area contributed by atoms with Crippen molar-refractivity contribution in [1.29, 1.82) is 0 Å². The maximum Gasteiger partial charge on any atom is 0.337 e. The van der Waals surface area contributed by atoms with E-state index in [1.54, 1.807) is 6.07 Å². The first kappa shape index (κ1) is 16.8. The standard InChI is InChI=1S/C20H20N2O3S/c1-12-4-7-14(8-5-12)22-19(26)21-16-11-20(22,2)25-17-9-6-13(10-15(16)17)18(23)24-3/h4-10,16H,11H2,1-3H3,(H,21,26)/t16-,20-/m1/s1. The van der Waals surface area contributed by atoms with Gasteiger partial charge in [-0.15, -0.1) is 0 Å². The Kier molecular flexibility index (Phi) is 3.88. The molecule has 2 heterocycles. The number of thiocarbonyl (C=S) groups is 1. The Hall–Kier alpha value is -2.60. The molecule has 5 nitrogen and oxygen atoms in total. The summed E-state index contributed by atoms with van der Waals surface area (Å²) in [5, 5.41) is 4.01. The predicted octanol–water partition coefficient (Wildman–Crippen LogP) is 3.72. The molecule has 0 unspecified atom stereocenters. The van der Waals surface area contributed by atoms with E-state index in [0.717, 1.165) is 17.0 Å². The fourth-order valence-electron chi connectivity index (χ4n) is 3.70. The number of hydrogen-bond donors (Lipinski definition) is 1. The zero-order valence-corrected chi connectivity index (χ0v) is 15.7. The molecule has 0 saturated carbocycles. The lowest BCUT2D eigenvalue weighted by molar-refractivity contribution is 0.0494. The third kappa shape index (κ3) is 2.61. The van der Waals surface area contributed by atoms with Crippen LogP contribution in [0.1, 0.15) is 40.9 Å². The summed E-state index contributed by atoms with van der Waals surface area (Å²) < 4.78 is 11.2. The average molecular weight is 368 g/mol. The molecule has 2 bridgehead atoms. The van der Waals surface area contributed by atoms with Gasteiger partial charge in [0.25, 0.3) is 0 Å². The fraction of sp³-hybridized carbons (Fsp3) is 0.300. The number of carbonyl (C=O) groups excluding carboxylic acids is 1. The number of aryl methyl sites for hydroxylation is 1. The highest BCUT2D eigenvalue weighted by Crippen LogP contribution is 2.45. The molecule has 2 aromatic rings. The number of rotatable bonds is 2. The van der Waals surface area contributed by atoms with E-state index in [4.69, 9.17) is 21.7 Å². The number of esters is 1. The number of nitrogens with one attached hydrogen (secondary N) is 1. The molecule has 26 heavy (non-hydrogen) atoms. The van der Waals surface area contributed by atoms with Crippen LogP contribution in [0.15, 0.2) is 42.5 Å². The van der Waals surface area contributed by atoms with E-state index in [1.165, 1.54) is 12.7 Å². The summed E-state index contributed by atoms with van der Waals surface area (Å²) in [4.78, 5) is 13.9. The lowest BCUT2D eigenvalue weighted by atomic mass is 9.89. The number of hydrogen-bond acceptors (Lipinski definition) is 4. The van der Waals surface area contributed by atoms with E-state index in [9.17, 15) is 4.79 Å². The molecule has 2 aliphatic heterocycles. The van der Waals surface area contributed by atoms with Gasteiger partial charge in [0.15, 0.2) is 10.8 Å². The van der Waals surface area contributed by atoms with Crippen molar-refractivity contribution in [2.24, 2.45) is 0 Å². The van der Waals surface area contributed by atoms with Crippen molar-refractivity contribution in [2.45, 2.75) is 32.0 Å². The Labute approximate surface area is 157 Å². The highest BCUT2D eigenvalue weighted by molar-refractivity contribution is 7.80. The number of carbonyl (C=O) groups is 1. The van der Waals surface area contributed by atoms with Gasteiger partial charge in [-0.3, -0.25) is 4.90 Å². The second-order valence-electron chi connectivity index (χ2n) is 6.90. The van der Waals surface area contributed by atoms with Gasteiger partial charge in [0.2, 0.25) is 0 Å². The maximum atomic E-state index is 11.8. The van der Waals surface area contributed by atoms with Gasteiger partial charge in [-0.25, -0.2) is 4.79 Å². The molecule has 6 heteroatoms. The van der Waals surface area contributed by atoms with E-state index in [-0.39, 0.29) is 12.0 Å². The number of methoxy groups -OCH3 is 1. The quantitative estimate of drug-likeness (QED) is 0.644.